The second-order valence-electron chi connectivity index (χ2n) is 7.54. The van der Waals surface area contributed by atoms with Gasteiger partial charge in [-0.2, -0.15) is 0 Å². The van der Waals surface area contributed by atoms with Crippen molar-refractivity contribution < 1.29 is 4.79 Å². The Labute approximate surface area is 156 Å². The molecule has 0 radical (unpaired) electrons. The molecule has 1 aliphatic heterocycles. The molecule has 136 valence electrons. The monoisotopic (exact) mass is 348 g/mol. The summed E-state index contributed by atoms with van der Waals surface area (Å²) in [4.78, 5) is 17.3. The second kappa shape index (κ2) is 7.63. The van der Waals surface area contributed by atoms with E-state index in [4.69, 9.17) is 0 Å². The predicted molar refractivity (Wildman–Crippen MR) is 106 cm³/mol. The fourth-order valence-electron chi connectivity index (χ4n) is 4.44. The molecule has 2 aliphatic rings. The number of benzene rings is 2. The van der Waals surface area contributed by atoms with E-state index in [0.29, 0.717) is 24.4 Å². The minimum absolute atomic E-state index is 0.239. The van der Waals surface area contributed by atoms with E-state index in [2.05, 4.69) is 52.3 Å². The molecule has 0 spiro atoms. The highest BCUT2D eigenvalue weighted by Gasteiger charge is 2.44. The van der Waals surface area contributed by atoms with Gasteiger partial charge in [0.2, 0.25) is 5.91 Å². The Morgan fingerprint density at radius 1 is 1.00 bits per heavy atom. The van der Waals surface area contributed by atoms with Crippen LogP contribution in [0.25, 0.3) is 0 Å². The first-order valence-corrected chi connectivity index (χ1v) is 9.94. The Balaban J connectivity index is 1.39. The molecule has 2 aromatic carbocycles. The molecule has 1 aliphatic carbocycles. The highest BCUT2D eigenvalue weighted by atomic mass is 16.2. The number of piperidine rings is 1. The lowest BCUT2D eigenvalue weighted by Gasteiger charge is -2.39. The Morgan fingerprint density at radius 2 is 1.62 bits per heavy atom. The van der Waals surface area contributed by atoms with E-state index >= 15 is 0 Å². The van der Waals surface area contributed by atoms with Crippen LogP contribution in [0.3, 0.4) is 0 Å². The quantitative estimate of drug-likeness (QED) is 0.797. The van der Waals surface area contributed by atoms with Gasteiger partial charge >= 0.3 is 0 Å². The zero-order valence-electron chi connectivity index (χ0n) is 15.6. The zero-order chi connectivity index (χ0) is 17.9. The van der Waals surface area contributed by atoms with Crippen LogP contribution in [0.1, 0.15) is 44.1 Å². The Hall–Kier alpha value is -2.13. The van der Waals surface area contributed by atoms with Gasteiger partial charge in [-0.05, 0) is 37.0 Å². The number of carbonyl (C=O) groups is 1. The molecule has 4 rings (SSSR count). The first-order chi connectivity index (χ1) is 12.8. The maximum absolute atomic E-state index is 12.6. The van der Waals surface area contributed by atoms with E-state index in [1.54, 1.807) is 0 Å². The van der Waals surface area contributed by atoms with Gasteiger partial charge in [0.25, 0.3) is 0 Å². The highest BCUT2D eigenvalue weighted by Crippen LogP contribution is 2.45. The summed E-state index contributed by atoms with van der Waals surface area (Å²) in [5, 5.41) is 0. The average molecular weight is 348 g/mol. The number of para-hydroxylation sites is 1. The largest absolute Gasteiger partial charge is 0.309 e. The van der Waals surface area contributed by atoms with Crippen LogP contribution in [0.15, 0.2) is 60.7 Å². The van der Waals surface area contributed by atoms with Crippen molar-refractivity contribution in [2.45, 2.75) is 50.6 Å². The van der Waals surface area contributed by atoms with Crippen LogP contribution in [0.5, 0.6) is 0 Å². The van der Waals surface area contributed by atoms with E-state index in [1.807, 2.05) is 25.1 Å². The van der Waals surface area contributed by atoms with Gasteiger partial charge in [0.15, 0.2) is 0 Å². The maximum Gasteiger partial charge on any atom is 0.226 e. The minimum atomic E-state index is 0.239. The van der Waals surface area contributed by atoms with Crippen LogP contribution in [0, 0.1) is 0 Å². The molecule has 0 N–H and O–H groups in total. The first kappa shape index (κ1) is 17.3. The fraction of sp³-hybridized carbons (Fsp3) is 0.435. The van der Waals surface area contributed by atoms with E-state index in [1.165, 1.54) is 12.0 Å². The van der Waals surface area contributed by atoms with Crippen molar-refractivity contribution in [1.82, 2.24) is 4.90 Å². The lowest BCUT2D eigenvalue weighted by molar-refractivity contribution is -0.119. The summed E-state index contributed by atoms with van der Waals surface area (Å²) >= 11 is 0. The van der Waals surface area contributed by atoms with Crippen molar-refractivity contribution in [3.05, 3.63) is 66.2 Å². The number of hydrogen-bond donors (Lipinski definition) is 0. The Kier molecular flexibility index (Phi) is 5.07. The Morgan fingerprint density at radius 3 is 2.23 bits per heavy atom. The summed E-state index contributed by atoms with van der Waals surface area (Å²) in [5.41, 5.74) is 2.53. The van der Waals surface area contributed by atoms with Gasteiger partial charge in [0, 0.05) is 43.2 Å². The smallest absolute Gasteiger partial charge is 0.226 e. The maximum atomic E-state index is 12.6. The molecule has 2 fully saturated rings. The van der Waals surface area contributed by atoms with Crippen LogP contribution in [-0.4, -0.2) is 36.0 Å². The summed E-state index contributed by atoms with van der Waals surface area (Å²) < 4.78 is 0. The molecule has 2 aromatic rings. The number of amides is 1. The number of hydrogen-bond acceptors (Lipinski definition) is 2. The summed E-state index contributed by atoms with van der Waals surface area (Å²) in [5.74, 6) is 0.943. The standard InChI is InChI=1S/C23H28N2O/c1-2-23(26)25(19-11-7-4-8-12-19)20-13-15-24(16-14-20)22-17-21(22)18-9-5-3-6-10-18/h3-12,20-22H,2,13-17H2,1H3. The van der Waals surface area contributed by atoms with Gasteiger partial charge in [-0.1, -0.05) is 55.5 Å². The molecule has 2 atom stereocenters. The molecule has 1 saturated heterocycles. The van der Waals surface area contributed by atoms with E-state index < -0.39 is 0 Å². The summed E-state index contributed by atoms with van der Waals surface area (Å²) in [6.07, 6.45) is 3.98. The molecule has 2 unspecified atom stereocenters. The van der Waals surface area contributed by atoms with Crippen LogP contribution in [-0.2, 0) is 4.79 Å². The van der Waals surface area contributed by atoms with Gasteiger partial charge in [0.05, 0.1) is 0 Å². The van der Waals surface area contributed by atoms with Crippen molar-refractivity contribution in [1.29, 1.82) is 0 Å². The van der Waals surface area contributed by atoms with Crippen LogP contribution >= 0.6 is 0 Å². The first-order valence-electron chi connectivity index (χ1n) is 9.94. The van der Waals surface area contributed by atoms with Crippen LogP contribution < -0.4 is 4.90 Å². The lowest BCUT2D eigenvalue weighted by atomic mass is 10.0. The van der Waals surface area contributed by atoms with Gasteiger partial charge in [-0.15, -0.1) is 0 Å². The van der Waals surface area contributed by atoms with Crippen LogP contribution in [0.4, 0.5) is 5.69 Å². The molecule has 1 saturated carbocycles. The van der Waals surface area contributed by atoms with Gasteiger partial charge in [0.1, 0.15) is 0 Å². The predicted octanol–water partition coefficient (Wildman–Crippen LogP) is 4.45. The van der Waals surface area contributed by atoms with Crippen molar-refractivity contribution in [2.75, 3.05) is 18.0 Å². The molecule has 1 amide bonds. The van der Waals surface area contributed by atoms with Gasteiger partial charge < -0.3 is 4.90 Å². The number of anilines is 1. The topological polar surface area (TPSA) is 23.6 Å². The lowest BCUT2D eigenvalue weighted by Crippen LogP contribution is -2.48. The SMILES string of the molecule is CCC(=O)N(c1ccccc1)C1CCN(C2CC2c2ccccc2)CC1. The van der Waals surface area contributed by atoms with Gasteiger partial charge in [-0.3, -0.25) is 9.69 Å². The van der Waals surface area contributed by atoms with Crippen LogP contribution in [0.2, 0.25) is 0 Å². The van der Waals surface area contributed by atoms with E-state index in [-0.39, 0.29) is 5.91 Å². The molecule has 3 nitrogen and oxygen atoms in total. The average Bonchev–Trinajstić information content (AvgIpc) is 3.51. The number of carbonyl (C=O) groups excluding carboxylic acids is 1. The van der Waals surface area contributed by atoms with E-state index in [0.717, 1.165) is 31.6 Å². The normalized spacial score (nSPS) is 23.6. The highest BCUT2D eigenvalue weighted by molar-refractivity contribution is 5.93. The molecular weight excluding hydrogens is 320 g/mol. The van der Waals surface area contributed by atoms with Crippen molar-refractivity contribution >= 4 is 11.6 Å². The van der Waals surface area contributed by atoms with Crippen molar-refractivity contribution in [3.8, 4) is 0 Å². The number of rotatable bonds is 5. The van der Waals surface area contributed by atoms with E-state index in [9.17, 15) is 4.79 Å². The van der Waals surface area contributed by atoms with Crippen molar-refractivity contribution in [2.24, 2.45) is 0 Å². The summed E-state index contributed by atoms with van der Waals surface area (Å²) in [6, 6.07) is 22.1. The second-order valence-corrected chi connectivity index (χ2v) is 7.54. The zero-order valence-corrected chi connectivity index (χ0v) is 15.6. The molecule has 0 bridgehead atoms. The molecule has 0 aromatic heterocycles. The summed E-state index contributed by atoms with van der Waals surface area (Å²) in [6.45, 7) is 4.15. The molecule has 26 heavy (non-hydrogen) atoms. The third-order valence-corrected chi connectivity index (χ3v) is 5.92. The molecular formula is C23H28N2O. The number of likely N-dealkylation sites (tertiary alicyclic amines) is 1. The van der Waals surface area contributed by atoms with Crippen molar-refractivity contribution in [3.63, 3.8) is 0 Å². The minimum Gasteiger partial charge on any atom is -0.309 e. The van der Waals surface area contributed by atoms with Gasteiger partial charge in [-0.25, -0.2) is 0 Å². The molecule has 3 heteroatoms. The third kappa shape index (κ3) is 3.54. The fourth-order valence-corrected chi connectivity index (χ4v) is 4.44. The molecule has 1 heterocycles. The number of nitrogens with zero attached hydrogens (tertiary/aromatic N) is 2. The third-order valence-electron chi connectivity index (χ3n) is 5.92. The Bertz CT molecular complexity index is 722. The summed E-state index contributed by atoms with van der Waals surface area (Å²) in [7, 11) is 0.